The summed E-state index contributed by atoms with van der Waals surface area (Å²) in [6.45, 7) is 3.32. The summed E-state index contributed by atoms with van der Waals surface area (Å²) in [5.74, 6) is -3.83. The number of rotatable bonds is 4. The zero-order chi connectivity index (χ0) is 17.6. The summed E-state index contributed by atoms with van der Waals surface area (Å²) < 4.78 is 0. The zero-order valence-corrected chi connectivity index (χ0v) is 15.0. The van der Waals surface area contributed by atoms with E-state index in [0.717, 1.165) is 0 Å². The van der Waals surface area contributed by atoms with Crippen molar-refractivity contribution in [2.75, 3.05) is 0 Å². The smallest absolute Gasteiger partial charge is 0.263 e. The van der Waals surface area contributed by atoms with Crippen LogP contribution in [0.15, 0.2) is 0 Å². The number of carboxylic acid groups (broad SMARTS) is 1. The lowest BCUT2D eigenvalue weighted by Gasteiger charge is -2.31. The Bertz CT molecular complexity index is 687. The highest BCUT2D eigenvalue weighted by molar-refractivity contribution is 6.55. The molecule has 1 aromatic rings. The van der Waals surface area contributed by atoms with E-state index in [4.69, 9.17) is 46.4 Å². The number of carboxylic acids is 1. The second-order valence-corrected chi connectivity index (χ2v) is 6.65. The first-order chi connectivity index (χ1) is 10.6. The summed E-state index contributed by atoms with van der Waals surface area (Å²) in [5, 5.41) is 10.6. The number of hydrogen-bond donors (Lipinski definition) is 0. The van der Waals surface area contributed by atoms with Crippen LogP contribution in [0.1, 0.15) is 41.0 Å². The second kappa shape index (κ2) is 6.48. The fourth-order valence-corrected chi connectivity index (χ4v) is 3.45. The maximum absolute atomic E-state index is 12.6. The zero-order valence-electron chi connectivity index (χ0n) is 12.0. The molecular weight excluding hydrogens is 388 g/mol. The van der Waals surface area contributed by atoms with E-state index in [2.05, 4.69) is 0 Å². The maximum Gasteiger partial charge on any atom is 0.263 e. The van der Waals surface area contributed by atoms with Gasteiger partial charge in [-0.25, -0.2) is 0 Å². The lowest BCUT2D eigenvalue weighted by atomic mass is 9.98. The van der Waals surface area contributed by atoms with E-state index in [-0.39, 0.29) is 31.2 Å². The first-order valence-corrected chi connectivity index (χ1v) is 8.10. The Morgan fingerprint density at radius 2 is 1.39 bits per heavy atom. The fraction of sp³-hybridized carbons (Fsp3) is 0.357. The van der Waals surface area contributed by atoms with E-state index in [1.165, 1.54) is 0 Å². The maximum atomic E-state index is 12.6. The molecule has 0 N–H and O–H groups in total. The first-order valence-electron chi connectivity index (χ1n) is 6.59. The lowest BCUT2D eigenvalue weighted by molar-refractivity contribution is -0.311. The SMILES string of the molecule is CC[C@H](C)[C@H](C(=O)[O-])N1C(=O)c2c(Cl)c(Cl)c(Cl)c(Cl)c2C1=O. The molecule has 0 aromatic heterocycles. The van der Waals surface area contributed by atoms with Gasteiger partial charge in [-0.3, -0.25) is 14.5 Å². The normalized spacial score (nSPS) is 16.5. The van der Waals surface area contributed by atoms with Gasteiger partial charge >= 0.3 is 0 Å². The Balaban J connectivity index is 2.69. The summed E-state index contributed by atoms with van der Waals surface area (Å²) >= 11 is 23.8. The van der Waals surface area contributed by atoms with Gasteiger partial charge in [-0.15, -0.1) is 0 Å². The molecule has 0 aliphatic carbocycles. The van der Waals surface area contributed by atoms with Gasteiger partial charge in [-0.1, -0.05) is 66.7 Å². The average Bonchev–Trinajstić information content (AvgIpc) is 2.75. The summed E-state index contributed by atoms with van der Waals surface area (Å²) in [6, 6.07) is -1.45. The molecule has 124 valence electrons. The number of nitrogens with zero attached hydrogens (tertiary/aromatic N) is 1. The van der Waals surface area contributed by atoms with Crippen molar-refractivity contribution in [2.45, 2.75) is 26.3 Å². The minimum absolute atomic E-state index is 0.173. The summed E-state index contributed by atoms with van der Waals surface area (Å²) in [6.07, 6.45) is 0.412. The van der Waals surface area contributed by atoms with Gasteiger partial charge in [0, 0.05) is 0 Å². The largest absolute Gasteiger partial charge is 0.548 e. The topological polar surface area (TPSA) is 77.5 Å². The lowest BCUT2D eigenvalue weighted by Crippen LogP contribution is -2.53. The van der Waals surface area contributed by atoms with Crippen LogP contribution in [0, 0.1) is 5.92 Å². The number of fused-ring (bicyclic) bond motifs is 1. The molecule has 2 rings (SSSR count). The van der Waals surface area contributed by atoms with Crippen molar-refractivity contribution < 1.29 is 19.5 Å². The van der Waals surface area contributed by atoms with Crippen molar-refractivity contribution in [2.24, 2.45) is 5.92 Å². The molecule has 0 bridgehead atoms. The molecule has 0 spiro atoms. The van der Waals surface area contributed by atoms with Gasteiger partial charge in [0.15, 0.2) is 0 Å². The van der Waals surface area contributed by atoms with Crippen molar-refractivity contribution in [3.05, 3.63) is 31.2 Å². The standard InChI is InChI=1S/C14H11Cl4NO4/c1-3-4(2)11(14(22)23)19-12(20)5-6(13(19)21)8(16)10(18)9(17)7(5)15/h4,11H,3H2,1-2H3,(H,22,23)/p-1/t4-,11+/m0/s1. The molecule has 9 heteroatoms. The van der Waals surface area contributed by atoms with Crippen molar-refractivity contribution in [1.82, 2.24) is 4.90 Å². The second-order valence-electron chi connectivity index (χ2n) is 5.14. The van der Waals surface area contributed by atoms with Gasteiger partial charge in [0.2, 0.25) is 0 Å². The van der Waals surface area contributed by atoms with Crippen LogP contribution in [0.5, 0.6) is 0 Å². The minimum Gasteiger partial charge on any atom is -0.548 e. The number of benzene rings is 1. The van der Waals surface area contributed by atoms with Gasteiger partial charge in [0.05, 0.1) is 43.2 Å². The molecule has 1 aliphatic rings. The molecule has 1 heterocycles. The predicted octanol–water partition coefficient (Wildman–Crippen LogP) is 3.06. The number of halogens is 4. The van der Waals surface area contributed by atoms with Crippen LogP contribution in [-0.4, -0.2) is 28.7 Å². The van der Waals surface area contributed by atoms with Crippen LogP contribution in [0.2, 0.25) is 20.1 Å². The predicted molar refractivity (Wildman–Crippen MR) is 85.2 cm³/mol. The van der Waals surface area contributed by atoms with E-state index in [0.29, 0.717) is 11.3 Å². The number of imide groups is 1. The highest BCUT2D eigenvalue weighted by Gasteiger charge is 2.46. The number of amides is 2. The van der Waals surface area contributed by atoms with Crippen molar-refractivity contribution in [3.8, 4) is 0 Å². The number of aliphatic carboxylic acids is 1. The Labute approximate surface area is 152 Å². The first kappa shape index (κ1) is 18.3. The van der Waals surface area contributed by atoms with E-state index >= 15 is 0 Å². The number of carbonyl (C=O) groups excluding carboxylic acids is 3. The third kappa shape index (κ3) is 2.70. The van der Waals surface area contributed by atoms with Gasteiger partial charge < -0.3 is 9.90 Å². The molecule has 5 nitrogen and oxygen atoms in total. The number of hydrogen-bond acceptors (Lipinski definition) is 4. The quantitative estimate of drug-likeness (QED) is 0.444. The van der Waals surface area contributed by atoms with Crippen LogP contribution in [0.3, 0.4) is 0 Å². The highest BCUT2D eigenvalue weighted by atomic mass is 35.5. The molecule has 2 amide bonds. The highest BCUT2D eigenvalue weighted by Crippen LogP contribution is 2.45. The van der Waals surface area contributed by atoms with E-state index in [1.807, 2.05) is 0 Å². The third-order valence-electron chi connectivity index (χ3n) is 3.84. The van der Waals surface area contributed by atoms with Crippen LogP contribution < -0.4 is 5.11 Å². The minimum atomic E-state index is -1.54. The number of carbonyl (C=O) groups is 3. The Morgan fingerprint density at radius 3 is 1.70 bits per heavy atom. The molecule has 23 heavy (non-hydrogen) atoms. The van der Waals surface area contributed by atoms with Crippen LogP contribution in [0.4, 0.5) is 0 Å². The third-order valence-corrected chi connectivity index (χ3v) is 5.64. The molecule has 0 fully saturated rings. The van der Waals surface area contributed by atoms with E-state index < -0.39 is 29.7 Å². The van der Waals surface area contributed by atoms with Gasteiger partial charge in [-0.05, 0) is 5.92 Å². The van der Waals surface area contributed by atoms with E-state index in [9.17, 15) is 19.5 Å². The molecule has 1 aliphatic heterocycles. The van der Waals surface area contributed by atoms with Gasteiger partial charge in [-0.2, -0.15) is 0 Å². The Kier molecular flexibility index (Phi) is 5.16. The molecule has 0 radical (unpaired) electrons. The van der Waals surface area contributed by atoms with Gasteiger partial charge in [0.25, 0.3) is 11.8 Å². The van der Waals surface area contributed by atoms with Crippen molar-refractivity contribution >= 4 is 64.2 Å². The van der Waals surface area contributed by atoms with E-state index in [1.54, 1.807) is 13.8 Å². The average molecular weight is 398 g/mol. The van der Waals surface area contributed by atoms with Gasteiger partial charge in [0.1, 0.15) is 0 Å². The van der Waals surface area contributed by atoms with Crippen LogP contribution in [-0.2, 0) is 4.79 Å². The molecule has 1 aromatic carbocycles. The molecular formula is C14H10Cl4NO4-. The summed E-state index contributed by atoms with van der Waals surface area (Å²) in [5.41, 5.74) is -0.490. The molecule has 2 atom stereocenters. The Hall–Kier alpha value is -1.01. The fourth-order valence-electron chi connectivity index (χ4n) is 2.43. The summed E-state index contributed by atoms with van der Waals surface area (Å²) in [7, 11) is 0. The van der Waals surface area contributed by atoms with Crippen molar-refractivity contribution in [1.29, 1.82) is 0 Å². The Morgan fingerprint density at radius 1 is 1.00 bits per heavy atom. The van der Waals surface area contributed by atoms with Crippen molar-refractivity contribution in [3.63, 3.8) is 0 Å². The monoisotopic (exact) mass is 396 g/mol. The van der Waals surface area contributed by atoms with Crippen LogP contribution in [0.25, 0.3) is 0 Å². The van der Waals surface area contributed by atoms with Crippen LogP contribution >= 0.6 is 46.4 Å². The molecule has 0 saturated heterocycles. The molecule has 0 saturated carbocycles. The molecule has 0 unspecified atom stereocenters. The summed E-state index contributed by atoms with van der Waals surface area (Å²) in [4.78, 5) is 37.2.